The minimum absolute atomic E-state index is 0.0109. The Kier molecular flexibility index (Phi) is 10.6. The summed E-state index contributed by atoms with van der Waals surface area (Å²) in [6.07, 6.45) is -0.948. The second-order valence-corrected chi connectivity index (χ2v) is 5.99. The molecule has 1 atom stereocenters. The van der Waals surface area contributed by atoms with Crippen molar-refractivity contribution in [3.05, 3.63) is 64.0 Å². The molecule has 2 N–H and O–H groups in total. The van der Waals surface area contributed by atoms with E-state index in [0.717, 1.165) is 5.56 Å². The number of primary amides is 1. The van der Waals surface area contributed by atoms with E-state index in [0.29, 0.717) is 27.3 Å². The number of benzene rings is 2. The van der Waals surface area contributed by atoms with Crippen molar-refractivity contribution in [2.24, 2.45) is 5.73 Å². The molecule has 0 saturated heterocycles. The molecule has 30 heavy (non-hydrogen) atoms. The quantitative estimate of drug-likeness (QED) is 0.549. The number of ether oxygens (including phenoxy) is 2. The Bertz CT molecular complexity index is 1020. The zero-order chi connectivity index (χ0) is 22.7. The normalized spacial score (nSPS) is 10.9. The summed E-state index contributed by atoms with van der Waals surface area (Å²) in [7, 11) is 1.44. The van der Waals surface area contributed by atoms with E-state index in [1.807, 2.05) is 45.9 Å². The number of amides is 1. The summed E-state index contributed by atoms with van der Waals surface area (Å²) in [6, 6.07) is 13.5. The minimum atomic E-state index is -0.948. The first kappa shape index (κ1) is 25.2. The van der Waals surface area contributed by atoms with Crippen LogP contribution in [0.15, 0.2) is 57.7 Å². The Balaban J connectivity index is 0.00000106. The van der Waals surface area contributed by atoms with Crippen LogP contribution < -0.4 is 16.1 Å². The number of hydrogen-bond donors (Lipinski definition) is 1. The van der Waals surface area contributed by atoms with Crippen molar-refractivity contribution in [2.75, 3.05) is 13.7 Å². The third-order valence-electron chi connectivity index (χ3n) is 3.79. The van der Waals surface area contributed by atoms with Crippen LogP contribution in [0.2, 0.25) is 5.02 Å². The van der Waals surface area contributed by atoms with Crippen molar-refractivity contribution in [1.29, 1.82) is 0 Å². The van der Waals surface area contributed by atoms with Crippen LogP contribution in [-0.2, 0) is 9.53 Å². The molecule has 3 rings (SSSR count). The number of carbonyl (C=O) groups excluding carboxylic acids is 1. The Morgan fingerprint density at radius 3 is 2.33 bits per heavy atom. The van der Waals surface area contributed by atoms with Gasteiger partial charge in [0.2, 0.25) is 0 Å². The molecule has 6 nitrogen and oxygen atoms in total. The van der Waals surface area contributed by atoms with E-state index in [9.17, 15) is 9.59 Å². The van der Waals surface area contributed by atoms with E-state index in [4.69, 9.17) is 31.2 Å². The molecule has 0 saturated carbocycles. The molecule has 0 aliphatic rings. The van der Waals surface area contributed by atoms with E-state index in [-0.39, 0.29) is 6.61 Å². The lowest BCUT2D eigenvalue weighted by Crippen LogP contribution is -2.37. The highest BCUT2D eigenvalue weighted by Gasteiger charge is 2.18. The van der Waals surface area contributed by atoms with Crippen molar-refractivity contribution < 1.29 is 18.7 Å². The number of halogens is 1. The summed E-state index contributed by atoms with van der Waals surface area (Å²) >= 11 is 6.26. The van der Waals surface area contributed by atoms with Gasteiger partial charge in [0, 0.05) is 40.8 Å². The molecule has 1 unspecified atom stereocenters. The number of carbonyl (C=O) groups is 1. The maximum absolute atomic E-state index is 12.0. The molecule has 0 spiro atoms. The molecule has 1 heterocycles. The third kappa shape index (κ3) is 6.34. The van der Waals surface area contributed by atoms with Gasteiger partial charge in [0.15, 0.2) is 6.10 Å². The van der Waals surface area contributed by atoms with Crippen molar-refractivity contribution in [1.82, 2.24) is 0 Å². The SMILES string of the molecule is CC.CC.COCC(Oc1ccc2c(-c3ccccc3Cl)cc(=O)oc2c1)C(N)=O. The summed E-state index contributed by atoms with van der Waals surface area (Å²) < 4.78 is 15.7. The van der Waals surface area contributed by atoms with Crippen LogP contribution in [0.5, 0.6) is 5.75 Å². The van der Waals surface area contributed by atoms with Gasteiger partial charge in [-0.1, -0.05) is 57.5 Å². The molecule has 0 bridgehead atoms. The lowest BCUT2D eigenvalue weighted by Gasteiger charge is -2.15. The standard InChI is InChI=1S/C19H16ClNO5.2C2H6/c1-24-10-17(19(21)23)25-11-6-7-13-14(9-18(22)26-16(13)8-11)12-4-2-3-5-15(12)20;2*1-2/h2-9,17H,10H2,1H3,(H2,21,23);2*1-2H3. The van der Waals surface area contributed by atoms with Gasteiger partial charge in [0.05, 0.1) is 6.61 Å². The van der Waals surface area contributed by atoms with Gasteiger partial charge in [0.1, 0.15) is 11.3 Å². The van der Waals surface area contributed by atoms with Gasteiger partial charge in [-0.05, 0) is 18.2 Å². The van der Waals surface area contributed by atoms with Crippen molar-refractivity contribution in [2.45, 2.75) is 33.8 Å². The second kappa shape index (κ2) is 12.7. The maximum atomic E-state index is 12.0. The van der Waals surface area contributed by atoms with Crippen LogP contribution in [0.3, 0.4) is 0 Å². The van der Waals surface area contributed by atoms with Gasteiger partial charge in [-0.15, -0.1) is 0 Å². The molecule has 1 aromatic heterocycles. The monoisotopic (exact) mass is 433 g/mol. The average molecular weight is 434 g/mol. The highest BCUT2D eigenvalue weighted by Crippen LogP contribution is 2.33. The minimum Gasteiger partial charge on any atom is -0.478 e. The van der Waals surface area contributed by atoms with Gasteiger partial charge >= 0.3 is 5.63 Å². The Hall–Kier alpha value is -2.83. The first-order valence-electron chi connectivity index (χ1n) is 9.77. The molecule has 0 aliphatic carbocycles. The molecule has 162 valence electrons. The van der Waals surface area contributed by atoms with Gasteiger partial charge in [-0.2, -0.15) is 0 Å². The van der Waals surface area contributed by atoms with E-state index >= 15 is 0 Å². The van der Waals surface area contributed by atoms with Crippen LogP contribution in [0, 0.1) is 0 Å². The molecule has 3 aromatic rings. The number of rotatable bonds is 6. The zero-order valence-corrected chi connectivity index (χ0v) is 18.7. The molecule has 0 radical (unpaired) electrons. The predicted octanol–water partition coefficient (Wildman–Crippen LogP) is 5.04. The molecule has 0 fully saturated rings. The van der Waals surface area contributed by atoms with Crippen molar-refractivity contribution >= 4 is 28.5 Å². The third-order valence-corrected chi connectivity index (χ3v) is 4.12. The molecule has 1 amide bonds. The number of hydrogen-bond acceptors (Lipinski definition) is 5. The van der Waals surface area contributed by atoms with E-state index < -0.39 is 17.6 Å². The van der Waals surface area contributed by atoms with E-state index in [2.05, 4.69) is 0 Å². The highest BCUT2D eigenvalue weighted by atomic mass is 35.5. The van der Waals surface area contributed by atoms with Crippen LogP contribution in [-0.4, -0.2) is 25.7 Å². The van der Waals surface area contributed by atoms with Gasteiger partial charge in [0.25, 0.3) is 5.91 Å². The summed E-state index contributed by atoms with van der Waals surface area (Å²) in [4.78, 5) is 23.4. The first-order chi connectivity index (χ1) is 14.5. The van der Waals surface area contributed by atoms with Gasteiger partial charge in [-0.3, -0.25) is 4.79 Å². The fraction of sp³-hybridized carbons (Fsp3) is 0.304. The summed E-state index contributed by atoms with van der Waals surface area (Å²) in [6.45, 7) is 8.01. The summed E-state index contributed by atoms with van der Waals surface area (Å²) in [5, 5.41) is 1.21. The summed E-state index contributed by atoms with van der Waals surface area (Å²) in [5.41, 5.74) is 6.45. The van der Waals surface area contributed by atoms with Crippen LogP contribution in [0.25, 0.3) is 22.1 Å². The fourth-order valence-electron chi connectivity index (χ4n) is 2.61. The Morgan fingerprint density at radius 1 is 1.07 bits per heavy atom. The highest BCUT2D eigenvalue weighted by molar-refractivity contribution is 6.33. The van der Waals surface area contributed by atoms with E-state index in [1.54, 1.807) is 18.2 Å². The number of nitrogens with two attached hydrogens (primary N) is 1. The molecular formula is C23H28ClNO5. The largest absolute Gasteiger partial charge is 0.478 e. The van der Waals surface area contributed by atoms with E-state index in [1.165, 1.54) is 19.2 Å². The average Bonchev–Trinajstić information content (AvgIpc) is 2.76. The smallest absolute Gasteiger partial charge is 0.336 e. The van der Waals surface area contributed by atoms with Crippen molar-refractivity contribution in [3.8, 4) is 16.9 Å². The van der Waals surface area contributed by atoms with Crippen LogP contribution in [0.1, 0.15) is 27.7 Å². The maximum Gasteiger partial charge on any atom is 0.336 e. The number of fused-ring (bicyclic) bond motifs is 1. The molecule has 7 heteroatoms. The summed E-state index contributed by atoms with van der Waals surface area (Å²) in [5.74, 6) is -0.323. The van der Waals surface area contributed by atoms with Gasteiger partial charge < -0.3 is 19.6 Å². The number of methoxy groups -OCH3 is 1. The topological polar surface area (TPSA) is 91.8 Å². The van der Waals surface area contributed by atoms with Gasteiger partial charge in [-0.25, -0.2) is 4.79 Å². The van der Waals surface area contributed by atoms with Crippen molar-refractivity contribution in [3.63, 3.8) is 0 Å². The Morgan fingerprint density at radius 2 is 1.73 bits per heavy atom. The first-order valence-corrected chi connectivity index (χ1v) is 10.1. The van der Waals surface area contributed by atoms with Crippen LogP contribution >= 0.6 is 11.6 Å². The second-order valence-electron chi connectivity index (χ2n) is 5.58. The lowest BCUT2D eigenvalue weighted by molar-refractivity contribution is -0.126. The molecule has 2 aromatic carbocycles. The fourth-order valence-corrected chi connectivity index (χ4v) is 2.85. The predicted molar refractivity (Wildman–Crippen MR) is 121 cm³/mol. The van der Waals surface area contributed by atoms with Crippen LogP contribution in [0.4, 0.5) is 0 Å². The zero-order valence-electron chi connectivity index (χ0n) is 17.9. The Labute approximate surface area is 181 Å². The molecular weight excluding hydrogens is 406 g/mol. The lowest BCUT2D eigenvalue weighted by atomic mass is 10.0. The molecule has 0 aliphatic heterocycles.